The molecule has 24 heavy (non-hydrogen) atoms. The summed E-state index contributed by atoms with van der Waals surface area (Å²) in [5.41, 5.74) is 0.332. The normalized spacial score (nSPS) is 16.0. The van der Waals surface area contributed by atoms with Gasteiger partial charge < -0.3 is 19.1 Å². The zero-order chi connectivity index (χ0) is 17.9. The summed E-state index contributed by atoms with van der Waals surface area (Å²) in [5.74, 6) is 1.46. The van der Waals surface area contributed by atoms with E-state index < -0.39 is 5.60 Å². The Labute approximate surface area is 144 Å². The number of rotatable bonds is 3. The van der Waals surface area contributed by atoms with Gasteiger partial charge in [-0.05, 0) is 39.7 Å². The second-order valence-electron chi connectivity index (χ2n) is 7.43. The minimum absolute atomic E-state index is 0.0691. The number of aromatic nitrogens is 1. The Kier molecular flexibility index (Phi) is 5.57. The quantitative estimate of drug-likeness (QED) is 0.843. The molecular weight excluding hydrogens is 308 g/mol. The summed E-state index contributed by atoms with van der Waals surface area (Å²) in [6.07, 6.45) is -0.271. The number of hydrogen-bond donors (Lipinski definition) is 0. The molecule has 0 spiro atoms. The highest BCUT2D eigenvalue weighted by Gasteiger charge is 2.26. The number of carbonyl (C=O) groups is 1. The molecular formula is C18H28N2O4. The van der Waals surface area contributed by atoms with Gasteiger partial charge in [0, 0.05) is 11.6 Å². The van der Waals surface area contributed by atoms with E-state index in [2.05, 4.69) is 18.8 Å². The number of hydrogen-bond acceptors (Lipinski definition) is 5. The fourth-order valence-electron chi connectivity index (χ4n) is 2.11. The molecule has 1 atom stereocenters. The van der Waals surface area contributed by atoms with Crippen molar-refractivity contribution >= 4 is 6.09 Å². The van der Waals surface area contributed by atoms with Gasteiger partial charge in [0.25, 0.3) is 0 Å². The molecule has 1 aromatic rings. The van der Waals surface area contributed by atoms with Crippen molar-refractivity contribution in [2.24, 2.45) is 5.92 Å². The van der Waals surface area contributed by atoms with Gasteiger partial charge in [0.2, 0.25) is 11.8 Å². The Morgan fingerprint density at radius 2 is 2.00 bits per heavy atom. The number of nitrogens with zero attached hydrogens (tertiary/aromatic N) is 2. The fraction of sp³-hybridized carbons (Fsp3) is 0.667. The maximum absolute atomic E-state index is 12.3. The van der Waals surface area contributed by atoms with Crippen molar-refractivity contribution in [3.05, 3.63) is 17.7 Å². The zero-order valence-electron chi connectivity index (χ0n) is 15.5. The van der Waals surface area contributed by atoms with Crippen LogP contribution in [0, 0.1) is 5.92 Å². The first-order valence-corrected chi connectivity index (χ1v) is 8.43. The summed E-state index contributed by atoms with van der Waals surface area (Å²) >= 11 is 0. The largest absolute Gasteiger partial charge is 0.475 e. The monoisotopic (exact) mass is 336 g/mol. The molecule has 6 heteroatoms. The van der Waals surface area contributed by atoms with Crippen LogP contribution in [0.5, 0.6) is 11.8 Å². The summed E-state index contributed by atoms with van der Waals surface area (Å²) in [4.78, 5) is 18.3. The molecule has 0 fully saturated rings. The van der Waals surface area contributed by atoms with Crippen LogP contribution in [0.2, 0.25) is 0 Å². The van der Waals surface area contributed by atoms with Crippen molar-refractivity contribution in [2.45, 2.75) is 59.8 Å². The number of pyridine rings is 1. The van der Waals surface area contributed by atoms with Crippen LogP contribution in [0.4, 0.5) is 4.79 Å². The molecule has 0 aliphatic carbocycles. The second kappa shape index (κ2) is 7.28. The summed E-state index contributed by atoms with van der Waals surface area (Å²) < 4.78 is 17.0. The molecule has 2 rings (SSSR count). The lowest BCUT2D eigenvalue weighted by molar-refractivity contribution is 0.0225. The van der Waals surface area contributed by atoms with Gasteiger partial charge in [-0.3, -0.25) is 0 Å². The zero-order valence-corrected chi connectivity index (χ0v) is 15.5. The van der Waals surface area contributed by atoms with Crippen molar-refractivity contribution in [3.63, 3.8) is 0 Å². The molecule has 134 valence electrons. The van der Waals surface area contributed by atoms with Crippen LogP contribution < -0.4 is 9.47 Å². The number of fused-ring (bicyclic) bond motifs is 1. The molecule has 0 unspecified atom stereocenters. The molecule has 6 nitrogen and oxygen atoms in total. The number of amides is 1. The molecule has 0 bridgehead atoms. The second-order valence-corrected chi connectivity index (χ2v) is 7.43. The van der Waals surface area contributed by atoms with Crippen LogP contribution in [-0.2, 0) is 11.3 Å². The van der Waals surface area contributed by atoms with Crippen molar-refractivity contribution in [1.82, 2.24) is 9.88 Å². The molecule has 2 heterocycles. The molecule has 0 N–H and O–H groups in total. The highest BCUT2D eigenvalue weighted by Crippen LogP contribution is 2.26. The Balaban J connectivity index is 2.10. The predicted molar refractivity (Wildman–Crippen MR) is 91.3 cm³/mol. The van der Waals surface area contributed by atoms with E-state index >= 15 is 0 Å². The first-order valence-electron chi connectivity index (χ1n) is 8.43. The van der Waals surface area contributed by atoms with Crippen molar-refractivity contribution < 1.29 is 19.0 Å². The SMILES string of the molecule is CC(C)[C@@H](C)Oc1ccc2c(n1)OCCN(C(=O)OC(C)(C)C)C2. The third-order valence-electron chi connectivity index (χ3n) is 3.77. The fourth-order valence-corrected chi connectivity index (χ4v) is 2.11. The van der Waals surface area contributed by atoms with E-state index in [0.717, 1.165) is 5.56 Å². The average molecular weight is 336 g/mol. The van der Waals surface area contributed by atoms with Crippen molar-refractivity contribution in [2.75, 3.05) is 13.2 Å². The predicted octanol–water partition coefficient (Wildman–Crippen LogP) is 3.63. The van der Waals surface area contributed by atoms with Crippen LogP contribution in [0.15, 0.2) is 12.1 Å². The molecule has 1 amide bonds. The minimum atomic E-state index is -0.518. The summed E-state index contributed by atoms with van der Waals surface area (Å²) in [6, 6.07) is 3.72. The van der Waals surface area contributed by atoms with E-state index in [1.807, 2.05) is 39.8 Å². The minimum Gasteiger partial charge on any atom is -0.475 e. The van der Waals surface area contributed by atoms with Crippen LogP contribution in [-0.4, -0.2) is 40.8 Å². The van der Waals surface area contributed by atoms with E-state index in [0.29, 0.717) is 37.4 Å². The van der Waals surface area contributed by atoms with Crippen molar-refractivity contribution in [3.8, 4) is 11.8 Å². The molecule has 1 aromatic heterocycles. The number of carbonyl (C=O) groups excluding carboxylic acids is 1. The van der Waals surface area contributed by atoms with Gasteiger partial charge in [-0.2, -0.15) is 4.98 Å². The Bertz CT molecular complexity index is 581. The van der Waals surface area contributed by atoms with E-state index in [-0.39, 0.29) is 12.2 Å². The molecule has 1 aliphatic rings. The van der Waals surface area contributed by atoms with Gasteiger partial charge in [-0.15, -0.1) is 0 Å². The van der Waals surface area contributed by atoms with Gasteiger partial charge in [0.15, 0.2) is 0 Å². The van der Waals surface area contributed by atoms with Gasteiger partial charge >= 0.3 is 6.09 Å². The maximum Gasteiger partial charge on any atom is 0.410 e. The van der Waals surface area contributed by atoms with Crippen LogP contribution >= 0.6 is 0 Å². The molecule has 0 radical (unpaired) electrons. The first-order chi connectivity index (χ1) is 11.2. The average Bonchev–Trinajstić information content (AvgIpc) is 2.67. The van der Waals surface area contributed by atoms with Crippen LogP contribution in [0.1, 0.15) is 47.1 Å². The third kappa shape index (κ3) is 5.01. The maximum atomic E-state index is 12.3. The smallest absolute Gasteiger partial charge is 0.410 e. The van der Waals surface area contributed by atoms with Crippen LogP contribution in [0.3, 0.4) is 0 Å². The topological polar surface area (TPSA) is 60.9 Å². The molecule has 0 saturated heterocycles. The van der Waals surface area contributed by atoms with Crippen LogP contribution in [0.25, 0.3) is 0 Å². The molecule has 0 saturated carbocycles. The highest BCUT2D eigenvalue weighted by molar-refractivity contribution is 5.68. The molecule has 0 aromatic carbocycles. The third-order valence-corrected chi connectivity index (χ3v) is 3.77. The van der Waals surface area contributed by atoms with Gasteiger partial charge in [0.05, 0.1) is 19.2 Å². The Hall–Kier alpha value is -1.98. The highest BCUT2D eigenvalue weighted by atomic mass is 16.6. The lowest BCUT2D eigenvalue weighted by Crippen LogP contribution is -2.37. The van der Waals surface area contributed by atoms with E-state index in [1.54, 1.807) is 4.90 Å². The first kappa shape index (κ1) is 18.4. The van der Waals surface area contributed by atoms with Crippen molar-refractivity contribution in [1.29, 1.82) is 0 Å². The lowest BCUT2D eigenvalue weighted by atomic mass is 10.1. The summed E-state index contributed by atoms with van der Waals surface area (Å²) in [7, 11) is 0. The van der Waals surface area contributed by atoms with E-state index in [9.17, 15) is 4.79 Å². The molecule has 1 aliphatic heterocycles. The standard InChI is InChI=1S/C18H28N2O4/c1-12(2)13(3)23-15-8-7-14-11-20(9-10-22-16(14)19-15)17(21)24-18(4,5)6/h7-8,12-13H,9-11H2,1-6H3/t13-/m1/s1. The van der Waals surface area contributed by atoms with E-state index in [1.165, 1.54) is 0 Å². The lowest BCUT2D eigenvalue weighted by Gasteiger charge is -2.26. The van der Waals surface area contributed by atoms with Gasteiger partial charge in [-0.25, -0.2) is 4.79 Å². The van der Waals surface area contributed by atoms with E-state index in [4.69, 9.17) is 14.2 Å². The van der Waals surface area contributed by atoms with Gasteiger partial charge in [0.1, 0.15) is 12.2 Å². The van der Waals surface area contributed by atoms with Gasteiger partial charge in [-0.1, -0.05) is 13.8 Å². The summed E-state index contributed by atoms with van der Waals surface area (Å²) in [5, 5.41) is 0. The summed E-state index contributed by atoms with van der Waals surface area (Å²) in [6.45, 7) is 13.0. The Morgan fingerprint density at radius 1 is 1.29 bits per heavy atom. The Morgan fingerprint density at radius 3 is 2.62 bits per heavy atom. The number of ether oxygens (including phenoxy) is 3.